The number of nitrogens with zero attached hydrogens (tertiary/aromatic N) is 2. The number of hydrogen-bond acceptors (Lipinski definition) is 3. The average Bonchev–Trinajstić information content (AvgIpc) is 2.38. The maximum absolute atomic E-state index is 13.3. The van der Waals surface area contributed by atoms with Crippen molar-refractivity contribution in [3.8, 4) is 0 Å². The molecule has 2 rings (SSSR count). The van der Waals surface area contributed by atoms with Gasteiger partial charge in [-0.25, -0.2) is 13.8 Å². The summed E-state index contributed by atoms with van der Waals surface area (Å²) in [5, 5.41) is 0. The van der Waals surface area contributed by atoms with Crippen LogP contribution >= 0.6 is 0 Å². The summed E-state index contributed by atoms with van der Waals surface area (Å²) in [5.41, 5.74) is 1.36. The van der Waals surface area contributed by atoms with Gasteiger partial charge in [0.05, 0.1) is 12.7 Å². The number of aliphatic imine (C=N–C) groups is 1. The Morgan fingerprint density at radius 1 is 1.45 bits per heavy atom. The first kappa shape index (κ1) is 14.4. The lowest BCUT2D eigenvalue weighted by atomic mass is 10.1. The van der Waals surface area contributed by atoms with Gasteiger partial charge < -0.3 is 4.74 Å². The zero-order valence-corrected chi connectivity index (χ0v) is 12.1. The maximum Gasteiger partial charge on any atom is 0.340 e. The van der Waals surface area contributed by atoms with Crippen molar-refractivity contribution in [2.45, 2.75) is 20.8 Å². The highest BCUT2D eigenvalue weighted by Crippen LogP contribution is 2.17. The molecule has 1 aliphatic rings. The molecule has 0 spiro atoms. The van der Waals surface area contributed by atoms with Crippen LogP contribution in [-0.2, 0) is 9.53 Å². The topological polar surface area (TPSA) is 41.7 Å². The zero-order chi connectivity index (χ0) is 14.9. The van der Waals surface area contributed by atoms with Crippen molar-refractivity contribution in [2.75, 3.05) is 13.7 Å². The van der Waals surface area contributed by atoms with Crippen molar-refractivity contribution in [3.63, 3.8) is 0 Å². The van der Waals surface area contributed by atoms with Gasteiger partial charge in [-0.05, 0) is 30.7 Å². The number of methoxy groups -OCH3 is 1. The number of ether oxygens (including phenoxy) is 1. The molecule has 0 amide bonds. The molecule has 1 aromatic rings. The van der Waals surface area contributed by atoms with Gasteiger partial charge in [0.1, 0.15) is 5.82 Å². The van der Waals surface area contributed by atoms with E-state index in [2.05, 4.69) is 4.99 Å². The summed E-state index contributed by atoms with van der Waals surface area (Å²) in [7, 11) is 1.36. The Morgan fingerprint density at radius 2 is 2.15 bits per heavy atom. The number of halogens is 1. The summed E-state index contributed by atoms with van der Waals surface area (Å²) in [6.07, 6.45) is 0. The van der Waals surface area contributed by atoms with E-state index in [9.17, 15) is 9.18 Å². The predicted molar refractivity (Wildman–Crippen MR) is 74.7 cm³/mol. The number of benzene rings is 1. The van der Waals surface area contributed by atoms with Crippen molar-refractivity contribution < 1.29 is 18.5 Å². The van der Waals surface area contributed by atoms with Crippen LogP contribution in [0.3, 0.4) is 0 Å². The van der Waals surface area contributed by atoms with Crippen molar-refractivity contribution in [3.05, 3.63) is 35.1 Å². The molecule has 0 aromatic heterocycles. The van der Waals surface area contributed by atoms with Crippen LogP contribution in [0.4, 0.5) is 4.39 Å². The summed E-state index contributed by atoms with van der Waals surface area (Å²) in [6, 6.07) is 4.81. The molecular weight excluding hydrogens is 259 g/mol. The molecule has 20 heavy (non-hydrogen) atoms. The van der Waals surface area contributed by atoms with E-state index in [1.165, 1.54) is 13.2 Å². The monoisotopic (exact) mass is 277 g/mol. The Morgan fingerprint density at radius 3 is 2.70 bits per heavy atom. The van der Waals surface area contributed by atoms with Crippen LogP contribution in [0.1, 0.15) is 25.0 Å². The molecule has 1 aromatic carbocycles. The Hall–Kier alpha value is -2.04. The highest BCUT2D eigenvalue weighted by Gasteiger charge is 2.33. The number of amidine groups is 2. The van der Waals surface area contributed by atoms with Crippen LogP contribution in [0.25, 0.3) is 0 Å². The van der Waals surface area contributed by atoms with Crippen molar-refractivity contribution >= 4 is 17.6 Å². The fourth-order valence-corrected chi connectivity index (χ4v) is 2.09. The largest absolute Gasteiger partial charge is 0.467 e. The highest BCUT2D eigenvalue weighted by atomic mass is 19.1. The summed E-state index contributed by atoms with van der Waals surface area (Å²) in [4.78, 5) is 15.9. The summed E-state index contributed by atoms with van der Waals surface area (Å²) < 4.78 is 19.8. The van der Waals surface area contributed by atoms with E-state index in [1.54, 1.807) is 19.1 Å². The van der Waals surface area contributed by atoms with Crippen molar-refractivity contribution in [2.24, 2.45) is 10.9 Å². The first-order valence-electron chi connectivity index (χ1n) is 6.50. The minimum atomic E-state index is -0.325. The third kappa shape index (κ3) is 2.61. The van der Waals surface area contributed by atoms with E-state index in [-0.39, 0.29) is 24.2 Å². The van der Waals surface area contributed by atoms with Gasteiger partial charge in [-0.15, -0.1) is 0 Å². The smallest absolute Gasteiger partial charge is 0.340 e. The zero-order valence-electron chi connectivity index (χ0n) is 12.1. The van der Waals surface area contributed by atoms with E-state index in [0.29, 0.717) is 11.4 Å². The van der Waals surface area contributed by atoms with Gasteiger partial charge in [0.15, 0.2) is 6.54 Å². The Balaban J connectivity index is 2.36. The Bertz CT molecular complexity index is 618. The van der Waals surface area contributed by atoms with E-state index >= 15 is 0 Å². The standard InChI is InChI=1S/C15H18FN2O2/c1-9(2)14-17-15(18(14)8-13(19)20-4)11-5-6-12(16)10(3)7-11/h5-7,9H,8H2,1-4H3/q+1. The van der Waals surface area contributed by atoms with E-state index in [1.807, 2.05) is 18.4 Å². The maximum atomic E-state index is 13.3. The van der Waals surface area contributed by atoms with E-state index in [4.69, 9.17) is 4.74 Å². The number of rotatable bonds is 4. The van der Waals surface area contributed by atoms with Gasteiger partial charge in [-0.1, -0.05) is 18.8 Å². The number of hydrogen-bond donors (Lipinski definition) is 0. The second-order valence-corrected chi connectivity index (χ2v) is 5.07. The lowest BCUT2D eigenvalue weighted by molar-refractivity contribution is -0.417. The van der Waals surface area contributed by atoms with Crippen molar-refractivity contribution in [1.29, 1.82) is 0 Å². The SMILES string of the molecule is COC(=O)C[N+]1=C(c2ccc(F)c(C)c2)N=C1C(C)C. The van der Waals surface area contributed by atoms with Gasteiger partial charge in [0, 0.05) is 5.92 Å². The molecule has 0 bridgehead atoms. The number of carbonyl (C=O) groups excluding carboxylic acids is 1. The van der Waals surface area contributed by atoms with Crippen molar-refractivity contribution in [1.82, 2.24) is 0 Å². The van der Waals surface area contributed by atoms with Crippen LogP contribution in [0.2, 0.25) is 0 Å². The molecule has 0 N–H and O–H groups in total. The lowest BCUT2D eigenvalue weighted by Gasteiger charge is -2.20. The average molecular weight is 277 g/mol. The van der Waals surface area contributed by atoms with Crippen LogP contribution in [0, 0.1) is 18.7 Å². The lowest BCUT2D eigenvalue weighted by Crippen LogP contribution is -2.43. The molecule has 1 aliphatic heterocycles. The highest BCUT2D eigenvalue weighted by molar-refractivity contribution is 6.10. The minimum Gasteiger partial charge on any atom is -0.467 e. The molecule has 0 fully saturated rings. The fourth-order valence-electron chi connectivity index (χ4n) is 2.09. The predicted octanol–water partition coefficient (Wildman–Crippen LogP) is 2.13. The molecule has 0 saturated carbocycles. The fraction of sp³-hybridized carbons (Fsp3) is 0.400. The van der Waals surface area contributed by atoms with Gasteiger partial charge in [-0.2, -0.15) is 0 Å². The molecule has 0 radical (unpaired) electrons. The second kappa shape index (κ2) is 5.53. The first-order valence-corrected chi connectivity index (χ1v) is 6.50. The summed E-state index contributed by atoms with van der Waals surface area (Å²) >= 11 is 0. The van der Waals surface area contributed by atoms with Crippen LogP contribution in [0.5, 0.6) is 0 Å². The number of carbonyl (C=O) groups is 1. The normalized spacial score (nSPS) is 14.2. The van der Waals surface area contributed by atoms with Crippen LogP contribution < -0.4 is 0 Å². The molecule has 0 unspecified atom stereocenters. The molecule has 1 heterocycles. The van der Waals surface area contributed by atoms with Crippen LogP contribution in [-0.4, -0.2) is 35.9 Å². The Kier molecular flexibility index (Phi) is 3.97. The third-order valence-corrected chi connectivity index (χ3v) is 3.20. The molecule has 4 nitrogen and oxygen atoms in total. The number of esters is 1. The molecular formula is C15H18FN2O2+. The Labute approximate surface area is 117 Å². The summed E-state index contributed by atoms with van der Waals surface area (Å²) in [6.45, 7) is 5.85. The molecule has 5 heteroatoms. The van der Waals surface area contributed by atoms with Gasteiger partial charge >= 0.3 is 5.97 Å². The van der Waals surface area contributed by atoms with E-state index in [0.717, 1.165) is 11.4 Å². The minimum absolute atomic E-state index is 0.124. The summed E-state index contributed by atoms with van der Waals surface area (Å²) in [5.74, 6) is 1.16. The molecule has 106 valence electrons. The van der Waals surface area contributed by atoms with Gasteiger partial charge in [-0.3, -0.25) is 0 Å². The van der Waals surface area contributed by atoms with Gasteiger partial charge in [0.2, 0.25) is 5.84 Å². The molecule has 0 saturated heterocycles. The van der Waals surface area contributed by atoms with Crippen LogP contribution in [0.15, 0.2) is 23.2 Å². The molecule has 0 aliphatic carbocycles. The van der Waals surface area contributed by atoms with E-state index < -0.39 is 0 Å². The third-order valence-electron chi connectivity index (χ3n) is 3.20. The molecule has 0 atom stereocenters. The second-order valence-electron chi connectivity index (χ2n) is 5.07. The first-order chi connectivity index (χ1) is 9.43. The number of aryl methyl sites for hydroxylation is 1. The quantitative estimate of drug-likeness (QED) is 0.625. The van der Waals surface area contributed by atoms with Gasteiger partial charge in [0.25, 0.3) is 5.84 Å².